The Morgan fingerprint density at radius 1 is 0.917 bits per heavy atom. The molecule has 0 N–H and O–H groups in total. The maximum absolute atomic E-state index is 13.3. The van der Waals surface area contributed by atoms with Crippen LogP contribution in [0.5, 0.6) is 0 Å². The molecule has 131 valence electrons. The van der Waals surface area contributed by atoms with E-state index in [0.717, 1.165) is 42.8 Å². The molecule has 0 atom stereocenters. The van der Waals surface area contributed by atoms with Crippen LogP contribution >= 0.6 is 0 Å². The first-order valence-corrected chi connectivity index (χ1v) is 9.03. The van der Waals surface area contributed by atoms with Gasteiger partial charge in [0.1, 0.15) is 0 Å². The Morgan fingerprint density at radius 2 is 1.42 bits per heavy atom. The third-order valence-corrected chi connectivity index (χ3v) is 6.03. The summed E-state index contributed by atoms with van der Waals surface area (Å²) >= 11 is 0. The molecule has 3 rings (SSSR count). The number of methoxy groups -OCH3 is 1. The Hall–Kier alpha value is 0.144. The fourth-order valence-electron chi connectivity index (χ4n) is 4.74. The van der Waals surface area contributed by atoms with Crippen molar-refractivity contribution in [3.63, 3.8) is 0 Å². The van der Waals surface area contributed by atoms with Gasteiger partial charge in [0.25, 0.3) is 0 Å². The summed E-state index contributed by atoms with van der Waals surface area (Å²) in [6.45, 7) is 0.904. The zero-order valence-corrected chi connectivity index (χ0v) is 17.4. The minimum absolute atomic E-state index is 0. The summed E-state index contributed by atoms with van der Waals surface area (Å²) in [6.07, 6.45) is 9.77. The van der Waals surface area contributed by atoms with E-state index in [9.17, 15) is 8.78 Å². The molecule has 2 aliphatic rings. The molecular formula is C20H27F2OY-. The molecule has 2 fully saturated rings. The molecule has 2 aliphatic carbocycles. The maximum Gasteiger partial charge on any atom is 0.0490 e. The Balaban J connectivity index is 0.00000208. The van der Waals surface area contributed by atoms with Gasteiger partial charge in [0, 0.05) is 58.1 Å². The summed E-state index contributed by atoms with van der Waals surface area (Å²) in [7, 11) is 1.79. The number of rotatable bonds is 4. The predicted octanol–water partition coefficient (Wildman–Crippen LogP) is 5.49. The summed E-state index contributed by atoms with van der Waals surface area (Å²) in [5, 5.41) is 0. The number of benzene rings is 1. The van der Waals surface area contributed by atoms with Crippen molar-refractivity contribution in [1.82, 2.24) is 0 Å². The van der Waals surface area contributed by atoms with Crippen LogP contribution in [0.4, 0.5) is 8.78 Å². The normalized spacial score (nSPS) is 30.6. The monoisotopic (exact) mass is 410 g/mol. The molecule has 0 saturated heterocycles. The van der Waals surface area contributed by atoms with E-state index in [1.165, 1.54) is 50.7 Å². The summed E-state index contributed by atoms with van der Waals surface area (Å²) in [6, 6.07) is 5.01. The molecule has 2 saturated carbocycles. The maximum atomic E-state index is 13.3. The number of hydrogen-bond donors (Lipinski definition) is 0. The van der Waals surface area contributed by atoms with Crippen LogP contribution in [-0.4, -0.2) is 13.7 Å². The third kappa shape index (κ3) is 5.32. The van der Waals surface area contributed by atoms with E-state index in [2.05, 4.69) is 6.07 Å². The van der Waals surface area contributed by atoms with E-state index in [1.54, 1.807) is 7.11 Å². The van der Waals surface area contributed by atoms with Crippen molar-refractivity contribution >= 4 is 0 Å². The first-order chi connectivity index (χ1) is 11.2. The average Bonchev–Trinajstić information content (AvgIpc) is 2.55. The predicted molar refractivity (Wildman–Crippen MR) is 87.2 cm³/mol. The fourth-order valence-corrected chi connectivity index (χ4v) is 4.74. The molecule has 0 amide bonds. The van der Waals surface area contributed by atoms with Gasteiger partial charge >= 0.3 is 0 Å². The van der Waals surface area contributed by atoms with Crippen molar-refractivity contribution in [3.05, 3.63) is 35.4 Å². The second-order valence-electron chi connectivity index (χ2n) is 7.46. The number of halogens is 2. The Labute approximate surface area is 169 Å². The molecule has 0 aliphatic heterocycles. The molecule has 24 heavy (non-hydrogen) atoms. The van der Waals surface area contributed by atoms with E-state index in [0.29, 0.717) is 5.92 Å². The van der Waals surface area contributed by atoms with Crippen LogP contribution in [0, 0.1) is 35.5 Å². The molecule has 0 aromatic heterocycles. The van der Waals surface area contributed by atoms with Gasteiger partial charge in [-0.1, -0.05) is 0 Å². The quantitative estimate of drug-likeness (QED) is 0.597. The molecule has 1 aromatic carbocycles. The van der Waals surface area contributed by atoms with Crippen LogP contribution in [0.1, 0.15) is 62.8 Å². The van der Waals surface area contributed by atoms with Crippen LogP contribution in [-0.2, 0) is 37.4 Å². The van der Waals surface area contributed by atoms with Gasteiger partial charge in [-0.15, -0.1) is 23.8 Å². The average molecular weight is 410 g/mol. The Bertz CT molecular complexity index is 486. The first kappa shape index (κ1) is 20.5. The zero-order valence-electron chi connectivity index (χ0n) is 14.6. The van der Waals surface area contributed by atoms with Gasteiger partial charge in [0.15, 0.2) is 0 Å². The smallest absolute Gasteiger partial charge is 0.0490 e. The molecule has 0 spiro atoms. The van der Waals surface area contributed by atoms with E-state index in [4.69, 9.17) is 4.74 Å². The van der Waals surface area contributed by atoms with Crippen molar-refractivity contribution in [1.29, 1.82) is 0 Å². The van der Waals surface area contributed by atoms with Crippen molar-refractivity contribution in [2.75, 3.05) is 13.7 Å². The van der Waals surface area contributed by atoms with Crippen LogP contribution in [0.25, 0.3) is 0 Å². The zero-order chi connectivity index (χ0) is 16.2. The van der Waals surface area contributed by atoms with Gasteiger partial charge in [-0.05, 0) is 75.0 Å². The summed E-state index contributed by atoms with van der Waals surface area (Å²) in [5.74, 6) is 1.58. The van der Waals surface area contributed by atoms with Gasteiger partial charge in [-0.3, -0.25) is 0 Å². The molecule has 4 heteroatoms. The van der Waals surface area contributed by atoms with E-state index < -0.39 is 11.6 Å². The van der Waals surface area contributed by atoms with Gasteiger partial charge in [0.2, 0.25) is 0 Å². The molecule has 0 bridgehead atoms. The van der Waals surface area contributed by atoms with Gasteiger partial charge in [0.05, 0.1) is 0 Å². The first-order valence-electron chi connectivity index (χ1n) is 9.03. The fraction of sp³-hybridized carbons (Fsp3) is 0.700. The second kappa shape index (κ2) is 9.73. The van der Waals surface area contributed by atoms with Crippen molar-refractivity contribution in [2.45, 2.75) is 57.3 Å². The third-order valence-electron chi connectivity index (χ3n) is 6.03. The molecule has 1 radical (unpaired) electrons. The van der Waals surface area contributed by atoms with E-state index >= 15 is 0 Å². The number of ether oxygens (including phenoxy) is 1. The van der Waals surface area contributed by atoms with Gasteiger partial charge in [-0.25, -0.2) is 8.78 Å². The van der Waals surface area contributed by atoms with Crippen LogP contribution < -0.4 is 0 Å². The molecule has 0 heterocycles. The van der Waals surface area contributed by atoms with E-state index in [-0.39, 0.29) is 32.7 Å². The second-order valence-corrected chi connectivity index (χ2v) is 7.46. The Morgan fingerprint density at radius 3 is 1.92 bits per heavy atom. The molecule has 0 unspecified atom stereocenters. The van der Waals surface area contributed by atoms with E-state index in [1.807, 2.05) is 0 Å². The van der Waals surface area contributed by atoms with Crippen LogP contribution in [0.15, 0.2) is 12.1 Å². The summed E-state index contributed by atoms with van der Waals surface area (Å²) in [4.78, 5) is 0. The summed E-state index contributed by atoms with van der Waals surface area (Å²) in [5.41, 5.74) is 0.820. The van der Waals surface area contributed by atoms with Crippen LogP contribution in [0.3, 0.4) is 0 Å². The topological polar surface area (TPSA) is 9.23 Å². The van der Waals surface area contributed by atoms with Crippen LogP contribution in [0.2, 0.25) is 0 Å². The Kier molecular flexibility index (Phi) is 8.30. The minimum Gasteiger partial charge on any atom is -0.384 e. The SMILES string of the molecule is COCC1CCC(C2CCC(c3cc(F)[c-]c(F)c3)CC2)CC1.[Y]. The van der Waals surface area contributed by atoms with Gasteiger partial charge in [-0.2, -0.15) is 0 Å². The summed E-state index contributed by atoms with van der Waals surface area (Å²) < 4.78 is 32.0. The number of hydrogen-bond acceptors (Lipinski definition) is 1. The molecular weight excluding hydrogens is 383 g/mol. The van der Waals surface area contributed by atoms with Crippen molar-refractivity contribution in [2.24, 2.45) is 17.8 Å². The largest absolute Gasteiger partial charge is 0.384 e. The van der Waals surface area contributed by atoms with Crippen molar-refractivity contribution < 1.29 is 46.2 Å². The van der Waals surface area contributed by atoms with Gasteiger partial charge < -0.3 is 4.74 Å². The standard InChI is InChI=1S/C20H27F2O.Y/c1-23-13-14-2-4-15(5-3-14)16-6-8-17(9-7-16)18-10-19(21)12-20(22)11-18;/h10-11,14-17H,2-9,13H2,1H3;/q-1;. The minimum atomic E-state index is -0.571. The molecule has 1 nitrogen and oxygen atoms in total. The van der Waals surface area contributed by atoms with Crippen molar-refractivity contribution in [3.8, 4) is 0 Å². The molecule has 1 aromatic rings.